The molecule has 1 atom stereocenters. The third-order valence-corrected chi connectivity index (χ3v) is 3.85. The van der Waals surface area contributed by atoms with E-state index >= 15 is 0 Å². The number of Topliss-reactive ketones (excluding diaryl/α,β-unsaturated/α-hetero) is 1. The number of hydrogen-bond donors (Lipinski definition) is 1. The number of ether oxygens (including phenoxy) is 2. The molecule has 6 heteroatoms. The van der Waals surface area contributed by atoms with E-state index in [1.54, 1.807) is 24.3 Å². The smallest absolute Gasteiger partial charge is 0.344 e. The largest absolute Gasteiger partial charge is 0.482 e. The van der Waals surface area contributed by atoms with E-state index in [1.807, 2.05) is 30.3 Å². The average molecular weight is 369 g/mol. The third-order valence-electron chi connectivity index (χ3n) is 3.85. The monoisotopic (exact) mass is 369 g/mol. The van der Waals surface area contributed by atoms with Gasteiger partial charge in [0.25, 0.3) is 5.91 Å². The van der Waals surface area contributed by atoms with Crippen molar-refractivity contribution >= 4 is 17.7 Å². The molecular formula is C21H23NO5. The summed E-state index contributed by atoms with van der Waals surface area (Å²) in [6.07, 6.45) is -0.205. The van der Waals surface area contributed by atoms with Gasteiger partial charge in [-0.3, -0.25) is 9.59 Å². The van der Waals surface area contributed by atoms with E-state index in [1.165, 1.54) is 13.8 Å². The second-order valence-electron chi connectivity index (χ2n) is 6.03. The lowest BCUT2D eigenvalue weighted by atomic mass is 10.1. The van der Waals surface area contributed by atoms with Crippen LogP contribution in [-0.2, 0) is 20.7 Å². The molecule has 0 fully saturated rings. The number of nitrogens with one attached hydrogen (secondary N) is 1. The number of carbonyl (C=O) groups excluding carboxylic acids is 3. The normalized spacial score (nSPS) is 11.3. The van der Waals surface area contributed by atoms with E-state index in [4.69, 9.17) is 9.47 Å². The van der Waals surface area contributed by atoms with Crippen molar-refractivity contribution in [2.75, 3.05) is 13.2 Å². The molecule has 1 amide bonds. The molecule has 0 radical (unpaired) electrons. The average Bonchev–Trinajstić information content (AvgIpc) is 2.67. The van der Waals surface area contributed by atoms with E-state index < -0.39 is 12.1 Å². The Kier molecular flexibility index (Phi) is 7.55. The van der Waals surface area contributed by atoms with Gasteiger partial charge in [0.15, 0.2) is 18.5 Å². The Bertz CT molecular complexity index is 771. The highest BCUT2D eigenvalue weighted by molar-refractivity contribution is 5.94. The zero-order valence-electron chi connectivity index (χ0n) is 15.4. The second kappa shape index (κ2) is 10.1. The minimum Gasteiger partial charge on any atom is -0.482 e. The van der Waals surface area contributed by atoms with Gasteiger partial charge in [-0.15, -0.1) is 0 Å². The Morgan fingerprint density at radius 1 is 1.00 bits per heavy atom. The van der Waals surface area contributed by atoms with E-state index in [0.29, 0.717) is 24.3 Å². The second-order valence-corrected chi connectivity index (χ2v) is 6.03. The Morgan fingerprint density at radius 3 is 2.30 bits per heavy atom. The molecule has 0 heterocycles. The molecule has 0 saturated heterocycles. The van der Waals surface area contributed by atoms with Gasteiger partial charge in [0.05, 0.1) is 0 Å². The number of hydrogen-bond acceptors (Lipinski definition) is 5. The summed E-state index contributed by atoms with van der Waals surface area (Å²) in [5.74, 6) is -0.605. The Labute approximate surface area is 158 Å². The van der Waals surface area contributed by atoms with Crippen LogP contribution in [0.1, 0.15) is 29.8 Å². The highest BCUT2D eigenvalue weighted by Gasteiger charge is 2.17. The first-order valence-corrected chi connectivity index (χ1v) is 8.70. The fraction of sp³-hybridized carbons (Fsp3) is 0.286. The van der Waals surface area contributed by atoms with Gasteiger partial charge in [0, 0.05) is 12.1 Å². The zero-order valence-corrected chi connectivity index (χ0v) is 15.4. The summed E-state index contributed by atoms with van der Waals surface area (Å²) in [7, 11) is 0. The SMILES string of the molecule is CC(=O)c1ccc(OCC(=O)O[C@@H](C)C(=O)NCCc2ccccc2)cc1. The summed E-state index contributed by atoms with van der Waals surface area (Å²) in [4.78, 5) is 35.0. The van der Waals surface area contributed by atoms with Crippen LogP contribution < -0.4 is 10.1 Å². The van der Waals surface area contributed by atoms with Crippen molar-refractivity contribution in [1.82, 2.24) is 5.32 Å². The Hall–Kier alpha value is -3.15. The van der Waals surface area contributed by atoms with E-state index in [2.05, 4.69) is 5.32 Å². The first-order chi connectivity index (χ1) is 13.0. The molecule has 0 aliphatic heterocycles. The van der Waals surface area contributed by atoms with Crippen LogP contribution in [-0.4, -0.2) is 36.9 Å². The number of rotatable bonds is 9. The zero-order chi connectivity index (χ0) is 19.6. The Balaban J connectivity index is 1.69. The quantitative estimate of drug-likeness (QED) is 0.543. The molecule has 0 spiro atoms. The van der Waals surface area contributed by atoms with E-state index in [-0.39, 0.29) is 18.3 Å². The predicted molar refractivity (Wildman–Crippen MR) is 101 cm³/mol. The lowest BCUT2D eigenvalue weighted by Crippen LogP contribution is -2.37. The molecule has 27 heavy (non-hydrogen) atoms. The molecule has 2 rings (SSSR count). The molecule has 0 saturated carbocycles. The molecule has 0 bridgehead atoms. The number of benzene rings is 2. The first kappa shape index (κ1) is 20.2. The van der Waals surface area contributed by atoms with Crippen molar-refractivity contribution in [2.45, 2.75) is 26.4 Å². The van der Waals surface area contributed by atoms with Gasteiger partial charge in [0.1, 0.15) is 5.75 Å². The van der Waals surface area contributed by atoms with Crippen LogP contribution >= 0.6 is 0 Å². The van der Waals surface area contributed by atoms with Crippen LogP contribution in [0, 0.1) is 0 Å². The topological polar surface area (TPSA) is 81.7 Å². The minimum atomic E-state index is -0.906. The summed E-state index contributed by atoms with van der Waals surface area (Å²) in [6.45, 7) is 3.13. The van der Waals surface area contributed by atoms with Crippen LogP contribution in [0.5, 0.6) is 5.75 Å². The number of carbonyl (C=O) groups is 3. The molecule has 0 aliphatic carbocycles. The van der Waals surface area contributed by atoms with Crippen molar-refractivity contribution < 1.29 is 23.9 Å². The minimum absolute atomic E-state index is 0.0481. The molecule has 1 N–H and O–H groups in total. The molecule has 142 valence electrons. The fourth-order valence-electron chi connectivity index (χ4n) is 2.33. The summed E-state index contributed by atoms with van der Waals surface area (Å²) in [5, 5.41) is 2.74. The van der Waals surface area contributed by atoms with Crippen molar-refractivity contribution in [3.8, 4) is 5.75 Å². The van der Waals surface area contributed by atoms with E-state index in [0.717, 1.165) is 5.56 Å². The van der Waals surface area contributed by atoms with Gasteiger partial charge in [-0.05, 0) is 50.1 Å². The third kappa shape index (κ3) is 6.93. The van der Waals surface area contributed by atoms with Crippen molar-refractivity contribution in [2.24, 2.45) is 0 Å². The maximum absolute atomic E-state index is 12.0. The van der Waals surface area contributed by atoms with Crippen LogP contribution in [0.4, 0.5) is 0 Å². The van der Waals surface area contributed by atoms with Crippen LogP contribution in [0.3, 0.4) is 0 Å². The van der Waals surface area contributed by atoms with Crippen molar-refractivity contribution in [3.63, 3.8) is 0 Å². The first-order valence-electron chi connectivity index (χ1n) is 8.70. The van der Waals surface area contributed by atoms with E-state index in [9.17, 15) is 14.4 Å². The Morgan fingerprint density at radius 2 is 1.67 bits per heavy atom. The number of ketones is 1. The number of esters is 1. The van der Waals surface area contributed by atoms with Gasteiger partial charge < -0.3 is 14.8 Å². The summed E-state index contributed by atoms with van der Waals surface area (Å²) < 4.78 is 10.4. The highest BCUT2D eigenvalue weighted by Crippen LogP contribution is 2.12. The molecule has 0 unspecified atom stereocenters. The summed E-state index contributed by atoms with van der Waals surface area (Å²) in [5.41, 5.74) is 1.68. The highest BCUT2D eigenvalue weighted by atomic mass is 16.6. The van der Waals surface area contributed by atoms with Gasteiger partial charge in [-0.25, -0.2) is 4.79 Å². The lowest BCUT2D eigenvalue weighted by molar-refractivity contribution is -0.156. The van der Waals surface area contributed by atoms with Crippen molar-refractivity contribution in [1.29, 1.82) is 0 Å². The maximum Gasteiger partial charge on any atom is 0.344 e. The summed E-state index contributed by atoms with van der Waals surface area (Å²) >= 11 is 0. The number of amides is 1. The summed E-state index contributed by atoms with van der Waals surface area (Å²) in [6, 6.07) is 16.2. The van der Waals surface area contributed by atoms with Crippen LogP contribution in [0.15, 0.2) is 54.6 Å². The maximum atomic E-state index is 12.0. The molecule has 2 aromatic carbocycles. The van der Waals surface area contributed by atoms with Gasteiger partial charge in [-0.1, -0.05) is 30.3 Å². The molecular weight excluding hydrogens is 346 g/mol. The van der Waals surface area contributed by atoms with Gasteiger partial charge in [0.2, 0.25) is 0 Å². The fourth-order valence-corrected chi connectivity index (χ4v) is 2.33. The van der Waals surface area contributed by atoms with Crippen LogP contribution in [0.25, 0.3) is 0 Å². The molecule has 0 aliphatic rings. The lowest BCUT2D eigenvalue weighted by Gasteiger charge is -2.14. The van der Waals surface area contributed by atoms with Gasteiger partial charge >= 0.3 is 5.97 Å². The predicted octanol–water partition coefficient (Wildman–Crippen LogP) is 2.56. The van der Waals surface area contributed by atoms with Crippen molar-refractivity contribution in [3.05, 3.63) is 65.7 Å². The molecule has 0 aromatic heterocycles. The molecule has 2 aromatic rings. The molecule has 6 nitrogen and oxygen atoms in total. The van der Waals surface area contributed by atoms with Crippen LogP contribution in [0.2, 0.25) is 0 Å². The van der Waals surface area contributed by atoms with Gasteiger partial charge in [-0.2, -0.15) is 0 Å². The standard InChI is InChI=1S/C21H23NO5/c1-15(23)18-8-10-19(11-9-18)26-14-20(24)27-16(2)21(25)22-13-12-17-6-4-3-5-7-17/h3-11,16H,12-14H2,1-2H3,(H,22,25)/t16-/m0/s1.